The Balaban J connectivity index is 2.66. The third-order valence-electron chi connectivity index (χ3n) is 3.06. The molecule has 1 heterocycles. The molecule has 1 saturated heterocycles. The number of hydrogen-bond donors (Lipinski definition) is 0. The summed E-state index contributed by atoms with van der Waals surface area (Å²) in [5.41, 5.74) is 0. The van der Waals surface area contributed by atoms with Crippen LogP contribution in [0.2, 0.25) is 0 Å². The van der Waals surface area contributed by atoms with E-state index in [0.717, 1.165) is 6.42 Å². The highest BCUT2D eigenvalue weighted by atomic mass is 16.5. The number of methoxy groups -OCH3 is 1. The maximum absolute atomic E-state index is 5.75. The standard InChI is InChI=1S/C11H22O2/c1-7(2)10-6-8(3)13-9(4)11(10)12-5/h7-11H,6H2,1-5H3. The predicted molar refractivity (Wildman–Crippen MR) is 53.8 cm³/mol. The summed E-state index contributed by atoms with van der Waals surface area (Å²) in [6, 6.07) is 0. The van der Waals surface area contributed by atoms with Gasteiger partial charge >= 0.3 is 0 Å². The lowest BCUT2D eigenvalue weighted by Crippen LogP contribution is -2.45. The molecule has 4 unspecified atom stereocenters. The lowest BCUT2D eigenvalue weighted by molar-refractivity contribution is -0.152. The summed E-state index contributed by atoms with van der Waals surface area (Å²) in [7, 11) is 1.79. The van der Waals surface area contributed by atoms with Gasteiger partial charge in [0.2, 0.25) is 0 Å². The first-order chi connectivity index (χ1) is 6.06. The van der Waals surface area contributed by atoms with Crippen molar-refractivity contribution < 1.29 is 9.47 Å². The van der Waals surface area contributed by atoms with Gasteiger partial charge in [0.1, 0.15) is 0 Å². The van der Waals surface area contributed by atoms with Crippen LogP contribution >= 0.6 is 0 Å². The highest BCUT2D eigenvalue weighted by molar-refractivity contribution is 4.84. The number of rotatable bonds is 2. The second-order valence-corrected chi connectivity index (χ2v) is 4.50. The lowest BCUT2D eigenvalue weighted by Gasteiger charge is -2.40. The minimum absolute atomic E-state index is 0.237. The van der Waals surface area contributed by atoms with Crippen molar-refractivity contribution in [3.05, 3.63) is 0 Å². The Morgan fingerprint density at radius 1 is 1.31 bits per heavy atom. The molecule has 0 amide bonds. The fraction of sp³-hybridized carbons (Fsp3) is 1.00. The first-order valence-electron chi connectivity index (χ1n) is 5.24. The Morgan fingerprint density at radius 2 is 1.92 bits per heavy atom. The molecule has 0 N–H and O–H groups in total. The fourth-order valence-electron chi connectivity index (χ4n) is 2.38. The zero-order valence-corrected chi connectivity index (χ0v) is 9.41. The lowest BCUT2D eigenvalue weighted by atomic mass is 9.81. The van der Waals surface area contributed by atoms with Crippen molar-refractivity contribution in [1.29, 1.82) is 0 Å². The first kappa shape index (κ1) is 11.0. The van der Waals surface area contributed by atoms with E-state index in [4.69, 9.17) is 9.47 Å². The molecule has 0 aromatic carbocycles. The first-order valence-corrected chi connectivity index (χ1v) is 5.24. The van der Waals surface area contributed by atoms with Crippen molar-refractivity contribution >= 4 is 0 Å². The highest BCUT2D eigenvalue weighted by Gasteiger charge is 2.36. The van der Waals surface area contributed by atoms with Crippen molar-refractivity contribution in [2.45, 2.75) is 52.4 Å². The molecule has 0 aromatic heterocycles. The molecule has 0 radical (unpaired) electrons. The van der Waals surface area contributed by atoms with Gasteiger partial charge in [0.25, 0.3) is 0 Å². The van der Waals surface area contributed by atoms with Gasteiger partial charge in [-0.1, -0.05) is 13.8 Å². The van der Waals surface area contributed by atoms with E-state index in [2.05, 4.69) is 27.7 Å². The molecule has 1 aliphatic heterocycles. The molecule has 0 bridgehead atoms. The van der Waals surface area contributed by atoms with Crippen LogP contribution in [0.15, 0.2) is 0 Å². The minimum atomic E-state index is 0.237. The monoisotopic (exact) mass is 186 g/mol. The van der Waals surface area contributed by atoms with Crippen LogP contribution in [-0.4, -0.2) is 25.4 Å². The average molecular weight is 186 g/mol. The van der Waals surface area contributed by atoms with Crippen molar-refractivity contribution in [1.82, 2.24) is 0 Å². The van der Waals surface area contributed by atoms with Crippen LogP contribution in [0.4, 0.5) is 0 Å². The van der Waals surface area contributed by atoms with E-state index in [1.807, 2.05) is 0 Å². The van der Waals surface area contributed by atoms with Crippen molar-refractivity contribution in [3.8, 4) is 0 Å². The maximum atomic E-state index is 5.75. The van der Waals surface area contributed by atoms with Gasteiger partial charge in [-0.15, -0.1) is 0 Å². The molecule has 4 atom stereocenters. The molecular weight excluding hydrogens is 164 g/mol. The van der Waals surface area contributed by atoms with Crippen LogP contribution in [0.25, 0.3) is 0 Å². The summed E-state index contributed by atoms with van der Waals surface area (Å²) >= 11 is 0. The number of ether oxygens (including phenoxy) is 2. The Bertz CT molecular complexity index is 156. The largest absolute Gasteiger partial charge is 0.378 e. The molecule has 0 saturated carbocycles. The third-order valence-corrected chi connectivity index (χ3v) is 3.06. The van der Waals surface area contributed by atoms with E-state index in [9.17, 15) is 0 Å². The summed E-state index contributed by atoms with van der Waals surface area (Å²) in [5, 5.41) is 0. The summed E-state index contributed by atoms with van der Waals surface area (Å²) in [6.07, 6.45) is 2.02. The molecule has 1 rings (SSSR count). The maximum Gasteiger partial charge on any atom is 0.0861 e. The van der Waals surface area contributed by atoms with Gasteiger partial charge < -0.3 is 9.47 Å². The second kappa shape index (κ2) is 4.43. The zero-order valence-electron chi connectivity index (χ0n) is 9.41. The number of hydrogen-bond acceptors (Lipinski definition) is 2. The Hall–Kier alpha value is -0.0800. The molecule has 2 nitrogen and oxygen atoms in total. The van der Waals surface area contributed by atoms with Crippen LogP contribution in [0, 0.1) is 11.8 Å². The van der Waals surface area contributed by atoms with Gasteiger partial charge in [-0.2, -0.15) is 0 Å². The molecule has 1 aliphatic rings. The molecular formula is C11H22O2. The van der Waals surface area contributed by atoms with Crippen molar-refractivity contribution in [2.75, 3.05) is 7.11 Å². The average Bonchev–Trinajstić information content (AvgIpc) is 2.02. The van der Waals surface area contributed by atoms with Crippen LogP contribution in [-0.2, 0) is 9.47 Å². The van der Waals surface area contributed by atoms with E-state index in [0.29, 0.717) is 17.9 Å². The summed E-state index contributed by atoms with van der Waals surface area (Å²) in [6.45, 7) is 8.79. The fourth-order valence-corrected chi connectivity index (χ4v) is 2.38. The zero-order chi connectivity index (χ0) is 10.0. The molecule has 13 heavy (non-hydrogen) atoms. The summed E-state index contributed by atoms with van der Waals surface area (Å²) in [5.74, 6) is 1.32. The van der Waals surface area contributed by atoms with Gasteiger partial charge in [0.05, 0.1) is 18.3 Å². The highest BCUT2D eigenvalue weighted by Crippen LogP contribution is 2.32. The van der Waals surface area contributed by atoms with E-state index in [1.54, 1.807) is 7.11 Å². The molecule has 0 spiro atoms. The van der Waals surface area contributed by atoms with Gasteiger partial charge in [-0.25, -0.2) is 0 Å². The van der Waals surface area contributed by atoms with Crippen LogP contribution in [0.5, 0.6) is 0 Å². The van der Waals surface area contributed by atoms with Crippen LogP contribution < -0.4 is 0 Å². The third kappa shape index (κ3) is 2.44. The van der Waals surface area contributed by atoms with E-state index < -0.39 is 0 Å². The predicted octanol–water partition coefficient (Wildman–Crippen LogP) is 2.47. The molecule has 78 valence electrons. The minimum Gasteiger partial charge on any atom is -0.378 e. The van der Waals surface area contributed by atoms with E-state index in [-0.39, 0.29) is 12.2 Å². The Morgan fingerprint density at radius 3 is 2.38 bits per heavy atom. The second-order valence-electron chi connectivity index (χ2n) is 4.50. The summed E-state index contributed by atoms with van der Waals surface area (Å²) < 4.78 is 11.2. The van der Waals surface area contributed by atoms with Crippen molar-refractivity contribution in [3.63, 3.8) is 0 Å². The smallest absolute Gasteiger partial charge is 0.0861 e. The van der Waals surface area contributed by atoms with Gasteiger partial charge in [0.15, 0.2) is 0 Å². The van der Waals surface area contributed by atoms with Gasteiger partial charge in [-0.05, 0) is 32.1 Å². The Kier molecular flexibility index (Phi) is 3.74. The topological polar surface area (TPSA) is 18.5 Å². The molecule has 0 aromatic rings. The van der Waals surface area contributed by atoms with Crippen LogP contribution in [0.3, 0.4) is 0 Å². The molecule has 2 heteroatoms. The SMILES string of the molecule is COC1C(C)OC(C)CC1C(C)C. The quantitative estimate of drug-likeness (QED) is 0.659. The van der Waals surface area contributed by atoms with Crippen LogP contribution in [0.1, 0.15) is 34.1 Å². The summed E-state index contributed by atoms with van der Waals surface area (Å²) in [4.78, 5) is 0. The Labute approximate surface area is 81.6 Å². The van der Waals surface area contributed by atoms with E-state index in [1.165, 1.54) is 0 Å². The van der Waals surface area contributed by atoms with Gasteiger partial charge in [0, 0.05) is 7.11 Å². The normalized spacial score (nSPS) is 41.1. The molecule has 0 aliphatic carbocycles. The van der Waals surface area contributed by atoms with Crippen molar-refractivity contribution in [2.24, 2.45) is 11.8 Å². The van der Waals surface area contributed by atoms with E-state index >= 15 is 0 Å². The molecule has 1 fully saturated rings. The van der Waals surface area contributed by atoms with Gasteiger partial charge in [-0.3, -0.25) is 0 Å².